The molecule has 0 amide bonds. The molecule has 0 bridgehead atoms. The van der Waals surface area contributed by atoms with Crippen molar-refractivity contribution in [2.75, 3.05) is 5.73 Å². The zero-order valence-corrected chi connectivity index (χ0v) is 9.26. The van der Waals surface area contributed by atoms with Crippen molar-refractivity contribution in [2.24, 2.45) is 0 Å². The average Bonchev–Trinajstić information content (AvgIpc) is 2.49. The van der Waals surface area contributed by atoms with Gasteiger partial charge in [-0.15, -0.1) is 0 Å². The summed E-state index contributed by atoms with van der Waals surface area (Å²) in [6.07, 6.45) is 0. The van der Waals surface area contributed by atoms with E-state index in [1.165, 1.54) is 22.3 Å². The topological polar surface area (TPSA) is 54.7 Å². The van der Waals surface area contributed by atoms with Crippen LogP contribution in [0.3, 0.4) is 0 Å². The van der Waals surface area contributed by atoms with Gasteiger partial charge in [-0.2, -0.15) is 5.10 Å². The lowest BCUT2D eigenvalue weighted by molar-refractivity contribution is 1.10. The van der Waals surface area contributed by atoms with Gasteiger partial charge in [0.2, 0.25) is 0 Å². The molecule has 1 aromatic carbocycles. The Morgan fingerprint density at radius 1 is 1.07 bits per heavy atom. The van der Waals surface area contributed by atoms with E-state index in [0.717, 1.165) is 5.69 Å². The van der Waals surface area contributed by atoms with Crippen molar-refractivity contribution in [3.8, 4) is 11.3 Å². The molecule has 15 heavy (non-hydrogen) atoms. The lowest BCUT2D eigenvalue weighted by Crippen LogP contribution is -1.90. The van der Waals surface area contributed by atoms with Crippen molar-refractivity contribution in [1.29, 1.82) is 0 Å². The van der Waals surface area contributed by atoms with Gasteiger partial charge < -0.3 is 5.73 Å². The average molecular weight is 201 g/mol. The van der Waals surface area contributed by atoms with Crippen molar-refractivity contribution in [1.82, 2.24) is 10.2 Å². The number of hydrogen-bond acceptors (Lipinski definition) is 2. The number of nitrogens with zero attached hydrogens (tertiary/aromatic N) is 1. The number of aryl methyl sites for hydroxylation is 3. The van der Waals surface area contributed by atoms with E-state index in [4.69, 9.17) is 5.73 Å². The number of nitrogens with one attached hydrogen (secondary N) is 1. The quantitative estimate of drug-likeness (QED) is 0.745. The van der Waals surface area contributed by atoms with Crippen LogP contribution in [0.4, 0.5) is 5.82 Å². The maximum Gasteiger partial charge on any atom is 0.145 e. The molecule has 78 valence electrons. The maximum atomic E-state index is 5.60. The Bertz CT molecular complexity index is 474. The summed E-state index contributed by atoms with van der Waals surface area (Å²) < 4.78 is 0. The third kappa shape index (κ3) is 1.73. The first-order valence-electron chi connectivity index (χ1n) is 4.97. The fourth-order valence-corrected chi connectivity index (χ4v) is 2.07. The molecule has 0 aliphatic carbocycles. The van der Waals surface area contributed by atoms with Crippen molar-refractivity contribution in [3.63, 3.8) is 0 Å². The zero-order chi connectivity index (χ0) is 11.0. The summed E-state index contributed by atoms with van der Waals surface area (Å²) in [5.41, 5.74) is 11.6. The number of nitrogen functional groups attached to an aromatic ring is 1. The first kappa shape index (κ1) is 9.77. The summed E-state index contributed by atoms with van der Waals surface area (Å²) >= 11 is 0. The van der Waals surface area contributed by atoms with Crippen LogP contribution in [0.2, 0.25) is 0 Å². The molecular weight excluding hydrogens is 186 g/mol. The number of hydrogen-bond donors (Lipinski definition) is 2. The molecule has 2 rings (SSSR count). The molecule has 0 spiro atoms. The lowest BCUT2D eigenvalue weighted by atomic mass is 9.97. The summed E-state index contributed by atoms with van der Waals surface area (Å²) in [5, 5.41) is 6.90. The molecule has 0 saturated carbocycles. The van der Waals surface area contributed by atoms with Crippen LogP contribution in [-0.4, -0.2) is 10.2 Å². The zero-order valence-electron chi connectivity index (χ0n) is 9.26. The number of H-pyrrole nitrogens is 1. The standard InChI is InChI=1S/C12H15N3/c1-7-4-8(2)12(9(3)5-7)10-6-11(13)15-14-10/h4-6H,1-3H3,(H3,13,14,15). The number of nitrogens with two attached hydrogens (primary N) is 1. The van der Waals surface area contributed by atoms with Crippen molar-refractivity contribution in [2.45, 2.75) is 20.8 Å². The van der Waals surface area contributed by atoms with Gasteiger partial charge in [-0.3, -0.25) is 5.10 Å². The fraction of sp³-hybridized carbons (Fsp3) is 0.250. The van der Waals surface area contributed by atoms with E-state index in [1.54, 1.807) is 0 Å². The normalized spacial score (nSPS) is 10.6. The van der Waals surface area contributed by atoms with Crippen LogP contribution in [0.1, 0.15) is 16.7 Å². The van der Waals surface area contributed by atoms with Gasteiger partial charge in [-0.1, -0.05) is 17.7 Å². The van der Waals surface area contributed by atoms with Gasteiger partial charge in [-0.25, -0.2) is 0 Å². The highest BCUT2D eigenvalue weighted by atomic mass is 15.2. The van der Waals surface area contributed by atoms with Crippen LogP contribution in [0.5, 0.6) is 0 Å². The molecule has 0 fully saturated rings. The lowest BCUT2D eigenvalue weighted by Gasteiger charge is -2.08. The molecule has 2 aromatic rings. The SMILES string of the molecule is Cc1cc(C)c(-c2cc(N)n[nH]2)c(C)c1. The van der Waals surface area contributed by atoms with Gasteiger partial charge in [0.05, 0.1) is 5.69 Å². The molecular formula is C12H15N3. The molecule has 0 saturated heterocycles. The van der Waals surface area contributed by atoms with Gasteiger partial charge in [0.1, 0.15) is 5.82 Å². The second kappa shape index (κ2) is 3.42. The van der Waals surface area contributed by atoms with E-state index in [9.17, 15) is 0 Å². The molecule has 0 radical (unpaired) electrons. The molecule has 1 heterocycles. The Morgan fingerprint density at radius 2 is 1.67 bits per heavy atom. The first-order chi connectivity index (χ1) is 7.08. The van der Waals surface area contributed by atoms with Crippen LogP contribution >= 0.6 is 0 Å². The summed E-state index contributed by atoms with van der Waals surface area (Å²) in [4.78, 5) is 0. The van der Waals surface area contributed by atoms with E-state index in [2.05, 4.69) is 43.1 Å². The van der Waals surface area contributed by atoms with E-state index >= 15 is 0 Å². The first-order valence-corrected chi connectivity index (χ1v) is 4.97. The number of anilines is 1. The summed E-state index contributed by atoms with van der Waals surface area (Å²) in [5.74, 6) is 0.532. The highest BCUT2D eigenvalue weighted by Crippen LogP contribution is 2.27. The van der Waals surface area contributed by atoms with Crippen LogP contribution in [0, 0.1) is 20.8 Å². The summed E-state index contributed by atoms with van der Waals surface area (Å²) in [6, 6.07) is 6.20. The minimum atomic E-state index is 0.532. The minimum Gasteiger partial charge on any atom is -0.382 e. The number of benzene rings is 1. The monoisotopic (exact) mass is 201 g/mol. The van der Waals surface area contributed by atoms with Crippen LogP contribution in [-0.2, 0) is 0 Å². The van der Waals surface area contributed by atoms with Crippen LogP contribution < -0.4 is 5.73 Å². The second-order valence-electron chi connectivity index (χ2n) is 3.98. The highest BCUT2D eigenvalue weighted by molar-refractivity contribution is 5.69. The predicted octanol–water partition coefficient (Wildman–Crippen LogP) is 2.58. The van der Waals surface area contributed by atoms with E-state index in [0.29, 0.717) is 5.82 Å². The number of aromatic nitrogens is 2. The molecule has 1 aromatic heterocycles. The van der Waals surface area contributed by atoms with Gasteiger partial charge >= 0.3 is 0 Å². The van der Waals surface area contributed by atoms with E-state index in [-0.39, 0.29) is 0 Å². The Labute approximate surface area is 89.3 Å². The van der Waals surface area contributed by atoms with Gasteiger partial charge in [0, 0.05) is 11.6 Å². The number of rotatable bonds is 1. The Kier molecular flexibility index (Phi) is 2.23. The minimum absolute atomic E-state index is 0.532. The van der Waals surface area contributed by atoms with Gasteiger partial charge in [-0.05, 0) is 31.9 Å². The predicted molar refractivity (Wildman–Crippen MR) is 62.6 cm³/mol. The van der Waals surface area contributed by atoms with Gasteiger partial charge in [0.25, 0.3) is 0 Å². The smallest absolute Gasteiger partial charge is 0.145 e. The molecule has 0 atom stereocenters. The van der Waals surface area contributed by atoms with Gasteiger partial charge in [0.15, 0.2) is 0 Å². The Balaban J connectivity index is 2.62. The van der Waals surface area contributed by atoms with Crippen molar-refractivity contribution < 1.29 is 0 Å². The summed E-state index contributed by atoms with van der Waals surface area (Å²) in [6.45, 7) is 6.31. The third-order valence-electron chi connectivity index (χ3n) is 2.54. The largest absolute Gasteiger partial charge is 0.382 e. The fourth-order valence-electron chi connectivity index (χ4n) is 2.07. The second-order valence-corrected chi connectivity index (χ2v) is 3.98. The molecule has 0 aliphatic rings. The molecule has 0 unspecified atom stereocenters. The Morgan fingerprint density at radius 3 is 2.13 bits per heavy atom. The molecule has 3 nitrogen and oxygen atoms in total. The van der Waals surface area contributed by atoms with Crippen LogP contribution in [0.15, 0.2) is 18.2 Å². The Hall–Kier alpha value is -1.77. The molecule has 3 N–H and O–H groups in total. The third-order valence-corrected chi connectivity index (χ3v) is 2.54. The van der Waals surface area contributed by atoms with Crippen molar-refractivity contribution >= 4 is 5.82 Å². The van der Waals surface area contributed by atoms with Crippen LogP contribution in [0.25, 0.3) is 11.3 Å². The summed E-state index contributed by atoms with van der Waals surface area (Å²) in [7, 11) is 0. The van der Waals surface area contributed by atoms with E-state index in [1.807, 2.05) is 6.07 Å². The molecule has 0 aliphatic heterocycles. The highest BCUT2D eigenvalue weighted by Gasteiger charge is 2.08. The molecule has 3 heteroatoms. The number of aromatic amines is 1. The van der Waals surface area contributed by atoms with E-state index < -0.39 is 0 Å². The maximum absolute atomic E-state index is 5.60. The van der Waals surface area contributed by atoms with Crippen molar-refractivity contribution in [3.05, 3.63) is 34.9 Å².